The Bertz CT molecular complexity index is 1720. The van der Waals surface area contributed by atoms with Gasteiger partial charge < -0.3 is 25.3 Å². The first kappa shape index (κ1) is 35.0. The fourth-order valence-electron chi connectivity index (χ4n) is 4.50. The van der Waals surface area contributed by atoms with Crippen LogP contribution >= 0.6 is 11.6 Å². The molecule has 0 aliphatic rings. The molecule has 4 aromatic rings. The molecule has 0 radical (unpaired) electrons. The van der Waals surface area contributed by atoms with Crippen LogP contribution in [0.15, 0.2) is 60.8 Å². The molecule has 0 saturated carbocycles. The lowest BCUT2D eigenvalue weighted by molar-refractivity contribution is -0.198. The van der Waals surface area contributed by atoms with Crippen molar-refractivity contribution in [2.24, 2.45) is 0 Å². The number of halogens is 4. The summed E-state index contributed by atoms with van der Waals surface area (Å²) in [6.45, 7) is 8.55. The first-order valence-corrected chi connectivity index (χ1v) is 14.9. The smallest absolute Gasteiger partial charge is 0.429 e. The number of alkyl carbamates (subject to hydrolysis) is 1. The van der Waals surface area contributed by atoms with Gasteiger partial charge in [-0.2, -0.15) is 23.3 Å². The number of anilines is 1. The molecule has 0 aliphatic heterocycles. The maximum absolute atomic E-state index is 14.5. The Balaban J connectivity index is 1.60. The normalized spacial score (nSPS) is 13.0. The number of nitrogens with two attached hydrogens (primary N) is 1. The number of aromatic nitrogens is 4. The molecule has 3 N–H and O–H groups in total. The zero-order valence-corrected chi connectivity index (χ0v) is 27.0. The summed E-state index contributed by atoms with van der Waals surface area (Å²) in [7, 11) is 0. The van der Waals surface area contributed by atoms with Crippen LogP contribution in [0.25, 0.3) is 16.9 Å². The minimum Gasteiger partial charge on any atom is -0.464 e. The lowest BCUT2D eigenvalue weighted by atomic mass is 10.0. The molecule has 2 aromatic carbocycles. The molecule has 2 unspecified atom stereocenters. The average Bonchev–Trinajstić information content (AvgIpc) is 3.40. The minimum absolute atomic E-state index is 0.0745. The van der Waals surface area contributed by atoms with Crippen LogP contribution in [0.2, 0.25) is 5.02 Å². The monoisotopic (exact) mass is 674 g/mol. The zero-order chi connectivity index (χ0) is 34.5. The first-order valence-electron chi connectivity index (χ1n) is 14.5. The van der Waals surface area contributed by atoms with E-state index in [0.29, 0.717) is 16.8 Å². The molecule has 0 spiro atoms. The summed E-state index contributed by atoms with van der Waals surface area (Å²) in [4.78, 5) is 33.0. The van der Waals surface area contributed by atoms with E-state index in [-0.39, 0.29) is 40.9 Å². The number of alkyl halides is 3. The molecule has 2 heterocycles. The summed E-state index contributed by atoms with van der Waals surface area (Å²) >= 11 is 6.13. The molecule has 250 valence electrons. The van der Waals surface area contributed by atoms with E-state index < -0.39 is 41.9 Å². The van der Waals surface area contributed by atoms with Gasteiger partial charge in [-0.1, -0.05) is 41.9 Å². The molecule has 1 amide bonds. The van der Waals surface area contributed by atoms with Gasteiger partial charge >= 0.3 is 18.2 Å². The maximum Gasteiger partial charge on any atom is 0.429 e. The molecule has 2 aromatic heterocycles. The third-order valence-electron chi connectivity index (χ3n) is 6.45. The molecular weight excluding hydrogens is 641 g/mol. The second-order valence-electron chi connectivity index (χ2n) is 11.4. The number of nitrogens with one attached hydrogen (secondary N) is 1. The number of ether oxygens (including phenoxy) is 3. The summed E-state index contributed by atoms with van der Waals surface area (Å²) in [5.41, 5.74) is 6.85. The van der Waals surface area contributed by atoms with Crippen molar-refractivity contribution < 1.29 is 37.0 Å². The fourth-order valence-corrected chi connectivity index (χ4v) is 4.66. The first-order chi connectivity index (χ1) is 22.0. The van der Waals surface area contributed by atoms with Crippen LogP contribution in [-0.2, 0) is 20.7 Å². The van der Waals surface area contributed by atoms with Crippen molar-refractivity contribution in [1.82, 2.24) is 25.1 Å². The van der Waals surface area contributed by atoms with Gasteiger partial charge in [-0.3, -0.25) is 0 Å². The Morgan fingerprint density at radius 1 is 1.04 bits per heavy atom. The van der Waals surface area contributed by atoms with Crippen molar-refractivity contribution in [3.63, 3.8) is 0 Å². The quantitative estimate of drug-likeness (QED) is 0.179. The van der Waals surface area contributed by atoms with E-state index in [9.17, 15) is 22.8 Å². The van der Waals surface area contributed by atoms with Gasteiger partial charge in [0.15, 0.2) is 0 Å². The number of carbonyl (C=O) groups excluding carboxylic acids is 2. The van der Waals surface area contributed by atoms with Gasteiger partial charge in [0, 0.05) is 34.8 Å². The number of nitrogen functional groups attached to an aromatic ring is 1. The molecule has 0 bridgehead atoms. The van der Waals surface area contributed by atoms with Crippen LogP contribution in [0.3, 0.4) is 0 Å². The SMILES string of the molecule is CCOC(=O)C(Cc1ccc(-c2cc(OC(c3ccc(Cl)cc3-n3ccc(C)n3)C(F)(F)F)nc(N)n2)cc1)NC(=O)OC(C)(C)C. The number of hydrogen-bond donors (Lipinski definition) is 2. The highest BCUT2D eigenvalue weighted by molar-refractivity contribution is 6.30. The van der Waals surface area contributed by atoms with Crippen LogP contribution in [0, 0.1) is 6.92 Å². The van der Waals surface area contributed by atoms with E-state index in [0.717, 1.165) is 0 Å². The van der Waals surface area contributed by atoms with Crippen LogP contribution in [0.1, 0.15) is 50.6 Å². The largest absolute Gasteiger partial charge is 0.464 e. The van der Waals surface area contributed by atoms with Crippen molar-refractivity contribution in [3.8, 4) is 22.8 Å². The third kappa shape index (κ3) is 9.58. The number of carbonyl (C=O) groups is 2. The second kappa shape index (κ2) is 14.3. The van der Waals surface area contributed by atoms with E-state index in [1.165, 1.54) is 35.1 Å². The number of benzene rings is 2. The standard InChI is InChI=1S/C32H34ClF3N6O5/c1-6-45-28(43)24(39-30(44)47-31(3,4)5)15-19-7-9-20(10-8-19)23-17-26(40-29(37)38-23)46-27(32(34,35)36)22-12-11-21(33)16-25(22)42-14-13-18(2)41-42/h7-14,16-17,24,27H,6,15H2,1-5H3,(H,39,44)(H2,37,38,40). The Hall–Kier alpha value is -4.85. The van der Waals surface area contributed by atoms with Gasteiger partial charge in [-0.05, 0) is 58.4 Å². The molecule has 0 aliphatic carbocycles. The highest BCUT2D eigenvalue weighted by Crippen LogP contribution is 2.40. The van der Waals surface area contributed by atoms with Gasteiger partial charge in [-0.25, -0.2) is 19.3 Å². The zero-order valence-electron chi connectivity index (χ0n) is 26.3. The Labute approximate surface area is 274 Å². The lowest BCUT2D eigenvalue weighted by Crippen LogP contribution is -2.45. The Morgan fingerprint density at radius 2 is 1.74 bits per heavy atom. The van der Waals surface area contributed by atoms with E-state index in [4.69, 9.17) is 31.5 Å². The van der Waals surface area contributed by atoms with Crippen molar-refractivity contribution >= 4 is 29.6 Å². The highest BCUT2D eigenvalue weighted by Gasteiger charge is 2.45. The Kier molecular flexibility index (Phi) is 10.6. The fraction of sp³-hybridized carbons (Fsp3) is 0.344. The van der Waals surface area contributed by atoms with Gasteiger partial charge in [-0.15, -0.1) is 0 Å². The number of rotatable bonds is 10. The highest BCUT2D eigenvalue weighted by atomic mass is 35.5. The van der Waals surface area contributed by atoms with E-state index >= 15 is 0 Å². The molecule has 0 saturated heterocycles. The van der Waals surface area contributed by atoms with Gasteiger partial charge in [0.25, 0.3) is 0 Å². The van der Waals surface area contributed by atoms with Crippen molar-refractivity contribution in [3.05, 3.63) is 82.6 Å². The van der Waals surface area contributed by atoms with Crippen molar-refractivity contribution in [2.45, 2.75) is 65.0 Å². The number of aryl methyl sites for hydroxylation is 1. The number of hydrogen-bond acceptors (Lipinski definition) is 9. The summed E-state index contributed by atoms with van der Waals surface area (Å²) < 4.78 is 60.6. The number of amides is 1. The molecule has 11 nitrogen and oxygen atoms in total. The van der Waals surface area contributed by atoms with Crippen LogP contribution in [0.5, 0.6) is 5.88 Å². The topological polar surface area (TPSA) is 143 Å². The predicted molar refractivity (Wildman–Crippen MR) is 168 cm³/mol. The minimum atomic E-state index is -4.87. The van der Waals surface area contributed by atoms with Crippen LogP contribution in [0.4, 0.5) is 23.9 Å². The van der Waals surface area contributed by atoms with Gasteiger partial charge in [0.1, 0.15) is 11.6 Å². The Morgan fingerprint density at radius 3 is 2.34 bits per heavy atom. The van der Waals surface area contributed by atoms with E-state index in [1.54, 1.807) is 65.0 Å². The number of nitrogens with zero attached hydrogens (tertiary/aromatic N) is 4. The summed E-state index contributed by atoms with van der Waals surface area (Å²) in [6.07, 6.45) is -6.51. The summed E-state index contributed by atoms with van der Waals surface area (Å²) in [5.74, 6) is -1.37. The van der Waals surface area contributed by atoms with Crippen LogP contribution in [-0.4, -0.2) is 56.2 Å². The number of esters is 1. The van der Waals surface area contributed by atoms with E-state index in [1.807, 2.05) is 0 Å². The van der Waals surface area contributed by atoms with Gasteiger partial charge in [0.2, 0.25) is 17.9 Å². The predicted octanol–water partition coefficient (Wildman–Crippen LogP) is 6.55. The molecular formula is C32H34ClF3N6O5. The van der Waals surface area contributed by atoms with Crippen molar-refractivity contribution in [2.75, 3.05) is 12.3 Å². The lowest BCUT2D eigenvalue weighted by Gasteiger charge is -2.24. The third-order valence-corrected chi connectivity index (χ3v) is 6.69. The molecule has 0 fully saturated rings. The second-order valence-corrected chi connectivity index (χ2v) is 11.9. The average molecular weight is 675 g/mol. The molecule has 47 heavy (non-hydrogen) atoms. The van der Waals surface area contributed by atoms with E-state index in [2.05, 4.69) is 20.4 Å². The summed E-state index contributed by atoms with van der Waals surface area (Å²) in [5, 5.41) is 6.98. The molecule has 4 rings (SSSR count). The maximum atomic E-state index is 14.5. The summed E-state index contributed by atoms with van der Waals surface area (Å²) in [6, 6.07) is 12.4. The molecule has 2 atom stereocenters. The van der Waals surface area contributed by atoms with Gasteiger partial charge in [0.05, 0.1) is 23.7 Å². The van der Waals surface area contributed by atoms with Crippen LogP contribution < -0.4 is 15.8 Å². The van der Waals surface area contributed by atoms with Crippen molar-refractivity contribution in [1.29, 1.82) is 0 Å². The molecule has 15 heteroatoms.